The summed E-state index contributed by atoms with van der Waals surface area (Å²) in [5.41, 5.74) is 2.34. The van der Waals surface area contributed by atoms with Gasteiger partial charge >= 0.3 is 0 Å². The lowest BCUT2D eigenvalue weighted by atomic mass is 10.1. The van der Waals surface area contributed by atoms with Crippen molar-refractivity contribution in [3.8, 4) is 0 Å². The van der Waals surface area contributed by atoms with Gasteiger partial charge < -0.3 is 29.9 Å². The number of aliphatic hydroxyl groups is 3. The number of hydrogen-bond acceptors (Lipinski definition) is 9. The molecular formula is C20H24N6O4. The summed E-state index contributed by atoms with van der Waals surface area (Å²) in [6, 6.07) is 10.3. The first-order chi connectivity index (χ1) is 14.7. The van der Waals surface area contributed by atoms with Gasteiger partial charge in [0, 0.05) is 31.9 Å². The number of piperazine rings is 1. The van der Waals surface area contributed by atoms with Crippen molar-refractivity contribution < 1.29 is 20.1 Å². The first-order valence-corrected chi connectivity index (χ1v) is 10.0. The molecule has 158 valence electrons. The van der Waals surface area contributed by atoms with Crippen LogP contribution in [0.2, 0.25) is 0 Å². The number of ether oxygens (including phenoxy) is 1. The minimum atomic E-state index is -1.19. The third-order valence-corrected chi connectivity index (χ3v) is 5.83. The Morgan fingerprint density at radius 3 is 2.37 bits per heavy atom. The third-order valence-electron chi connectivity index (χ3n) is 5.83. The maximum Gasteiger partial charge on any atom is 0.167 e. The average Bonchev–Trinajstić information content (AvgIpc) is 3.35. The number of aliphatic hydroxyl groups excluding tert-OH is 3. The largest absolute Gasteiger partial charge is 0.394 e. The van der Waals surface area contributed by atoms with E-state index in [1.165, 1.54) is 18.3 Å². The molecule has 2 aromatic heterocycles. The third kappa shape index (κ3) is 3.18. The Kier molecular flexibility index (Phi) is 4.99. The first-order valence-electron chi connectivity index (χ1n) is 10.0. The van der Waals surface area contributed by atoms with Crippen LogP contribution in [0.1, 0.15) is 6.23 Å². The zero-order chi connectivity index (χ0) is 20.7. The van der Waals surface area contributed by atoms with Crippen molar-refractivity contribution in [1.29, 1.82) is 0 Å². The van der Waals surface area contributed by atoms with E-state index < -0.39 is 24.5 Å². The van der Waals surface area contributed by atoms with Crippen molar-refractivity contribution in [1.82, 2.24) is 19.5 Å². The molecule has 10 nitrogen and oxygen atoms in total. The Balaban J connectivity index is 1.38. The minimum absolute atomic E-state index is 0.382. The van der Waals surface area contributed by atoms with Crippen LogP contribution in [-0.4, -0.2) is 85.9 Å². The highest BCUT2D eigenvalue weighted by Gasteiger charge is 2.44. The molecule has 2 aliphatic heterocycles. The summed E-state index contributed by atoms with van der Waals surface area (Å²) < 4.78 is 7.22. The summed E-state index contributed by atoms with van der Waals surface area (Å²) >= 11 is 0. The van der Waals surface area contributed by atoms with Gasteiger partial charge in [-0.05, 0) is 12.1 Å². The first kappa shape index (κ1) is 19.2. The molecule has 0 aliphatic carbocycles. The fourth-order valence-corrected chi connectivity index (χ4v) is 4.18. The lowest BCUT2D eigenvalue weighted by molar-refractivity contribution is -0.0511. The summed E-state index contributed by atoms with van der Waals surface area (Å²) in [4.78, 5) is 17.8. The van der Waals surface area contributed by atoms with Crippen LogP contribution in [0.25, 0.3) is 11.2 Å². The summed E-state index contributed by atoms with van der Waals surface area (Å²) in [6.45, 7) is 2.94. The van der Waals surface area contributed by atoms with Crippen molar-refractivity contribution in [2.75, 3.05) is 42.6 Å². The van der Waals surface area contributed by atoms with E-state index in [1.54, 1.807) is 4.57 Å². The van der Waals surface area contributed by atoms with Crippen LogP contribution in [0, 0.1) is 0 Å². The molecule has 0 bridgehead atoms. The van der Waals surface area contributed by atoms with Gasteiger partial charge in [0.25, 0.3) is 0 Å². The molecule has 1 aromatic carbocycles. The molecule has 3 N–H and O–H groups in total. The maximum atomic E-state index is 10.4. The standard InChI is InChI=1S/C20H24N6O4/c27-10-14-16(28)17(29)20(30-14)26-12-23-15-18(21-11-22-19(15)26)25-8-6-24(7-9-25)13-4-2-1-3-5-13/h1-5,11-12,14,16-17,20,27-29H,6-10H2/t14-,16?,17?,20-/m1/s1. The second-order valence-electron chi connectivity index (χ2n) is 7.56. The van der Waals surface area contributed by atoms with Gasteiger partial charge in [0.05, 0.1) is 12.9 Å². The molecule has 0 amide bonds. The molecule has 3 aromatic rings. The molecule has 30 heavy (non-hydrogen) atoms. The molecule has 5 rings (SSSR count). The molecule has 0 spiro atoms. The van der Waals surface area contributed by atoms with Crippen LogP contribution < -0.4 is 9.80 Å². The van der Waals surface area contributed by atoms with Crippen molar-refractivity contribution in [2.24, 2.45) is 0 Å². The Bertz CT molecular complexity index is 1010. The number of imidazole rings is 1. The Hall–Kier alpha value is -2.79. The van der Waals surface area contributed by atoms with Crippen LogP contribution in [0.4, 0.5) is 11.5 Å². The molecular weight excluding hydrogens is 388 g/mol. The zero-order valence-electron chi connectivity index (χ0n) is 16.3. The molecule has 0 saturated carbocycles. The number of aromatic nitrogens is 4. The lowest BCUT2D eigenvalue weighted by Gasteiger charge is -2.36. The Labute approximate surface area is 173 Å². The van der Waals surface area contributed by atoms with Crippen molar-refractivity contribution in [3.63, 3.8) is 0 Å². The zero-order valence-corrected chi connectivity index (χ0v) is 16.3. The average molecular weight is 412 g/mol. The Morgan fingerprint density at radius 2 is 1.67 bits per heavy atom. The highest BCUT2D eigenvalue weighted by molar-refractivity contribution is 5.83. The van der Waals surface area contributed by atoms with Gasteiger partial charge in [0.2, 0.25) is 0 Å². The normalized spacial score (nSPS) is 27.2. The fraction of sp³-hybridized carbons (Fsp3) is 0.450. The number of anilines is 2. The summed E-state index contributed by atoms with van der Waals surface area (Å²) in [6.07, 6.45) is -1.09. The highest BCUT2D eigenvalue weighted by atomic mass is 16.6. The molecule has 0 radical (unpaired) electrons. The van der Waals surface area contributed by atoms with Gasteiger partial charge in [0.15, 0.2) is 23.2 Å². The lowest BCUT2D eigenvalue weighted by Crippen LogP contribution is -2.47. The van der Waals surface area contributed by atoms with E-state index in [0.717, 1.165) is 32.0 Å². The van der Waals surface area contributed by atoms with Gasteiger partial charge in [-0.25, -0.2) is 15.0 Å². The van der Waals surface area contributed by atoms with Crippen molar-refractivity contribution >= 4 is 22.7 Å². The van der Waals surface area contributed by atoms with E-state index in [-0.39, 0.29) is 6.61 Å². The van der Waals surface area contributed by atoms with E-state index in [9.17, 15) is 15.3 Å². The SMILES string of the molecule is OC[C@H]1O[C@@H](n2cnc3c(N4CCN(c5ccccc5)CC4)ncnc32)C(O)C1O. The van der Waals surface area contributed by atoms with Crippen LogP contribution in [-0.2, 0) is 4.74 Å². The Morgan fingerprint density at radius 1 is 0.933 bits per heavy atom. The van der Waals surface area contributed by atoms with Gasteiger partial charge in [-0.2, -0.15) is 0 Å². The summed E-state index contributed by atoms with van der Waals surface area (Å²) in [5, 5.41) is 29.8. The number of nitrogens with zero attached hydrogens (tertiary/aromatic N) is 6. The second-order valence-corrected chi connectivity index (χ2v) is 7.56. The van der Waals surface area contributed by atoms with Gasteiger partial charge in [0.1, 0.15) is 24.6 Å². The van der Waals surface area contributed by atoms with E-state index in [0.29, 0.717) is 11.2 Å². The van der Waals surface area contributed by atoms with E-state index >= 15 is 0 Å². The van der Waals surface area contributed by atoms with Crippen molar-refractivity contribution in [3.05, 3.63) is 43.0 Å². The van der Waals surface area contributed by atoms with Crippen molar-refractivity contribution in [2.45, 2.75) is 24.5 Å². The monoisotopic (exact) mass is 412 g/mol. The molecule has 4 heterocycles. The van der Waals surface area contributed by atoms with Gasteiger partial charge in [-0.15, -0.1) is 0 Å². The van der Waals surface area contributed by atoms with Crippen LogP contribution in [0.15, 0.2) is 43.0 Å². The smallest absolute Gasteiger partial charge is 0.167 e. The minimum Gasteiger partial charge on any atom is -0.394 e. The molecule has 2 saturated heterocycles. The van der Waals surface area contributed by atoms with E-state index in [2.05, 4.69) is 36.9 Å². The number of rotatable bonds is 4. The highest BCUT2D eigenvalue weighted by Crippen LogP contribution is 2.33. The van der Waals surface area contributed by atoms with E-state index in [1.807, 2.05) is 18.2 Å². The van der Waals surface area contributed by atoms with Gasteiger partial charge in [-0.3, -0.25) is 4.57 Å². The number of benzene rings is 1. The second kappa shape index (κ2) is 7.80. The maximum absolute atomic E-state index is 10.4. The van der Waals surface area contributed by atoms with Gasteiger partial charge in [-0.1, -0.05) is 18.2 Å². The van der Waals surface area contributed by atoms with Crippen LogP contribution in [0.3, 0.4) is 0 Å². The van der Waals surface area contributed by atoms with Crippen LogP contribution >= 0.6 is 0 Å². The summed E-state index contributed by atoms with van der Waals surface area (Å²) in [5.74, 6) is 0.734. The molecule has 10 heteroatoms. The van der Waals surface area contributed by atoms with E-state index in [4.69, 9.17) is 4.74 Å². The number of para-hydroxylation sites is 1. The number of hydrogen-bond donors (Lipinski definition) is 3. The molecule has 2 fully saturated rings. The molecule has 2 unspecified atom stereocenters. The summed E-state index contributed by atoms with van der Waals surface area (Å²) in [7, 11) is 0. The molecule has 2 aliphatic rings. The fourth-order valence-electron chi connectivity index (χ4n) is 4.18. The number of fused-ring (bicyclic) bond motifs is 1. The molecule has 4 atom stereocenters. The predicted octanol–water partition coefficient (Wildman–Crippen LogP) is -0.236. The topological polar surface area (TPSA) is 120 Å². The van der Waals surface area contributed by atoms with Crippen LogP contribution in [0.5, 0.6) is 0 Å². The predicted molar refractivity (Wildman–Crippen MR) is 109 cm³/mol. The quantitative estimate of drug-likeness (QED) is 0.533.